The molecule has 0 spiro atoms. The van der Waals surface area contributed by atoms with Crippen LogP contribution >= 0.6 is 0 Å². The zero-order valence-corrected chi connectivity index (χ0v) is 7.55. The molecule has 1 aliphatic heterocycles. The van der Waals surface area contributed by atoms with Gasteiger partial charge in [0.05, 0.1) is 11.8 Å². The summed E-state index contributed by atoms with van der Waals surface area (Å²) in [5, 5.41) is 1.25. The summed E-state index contributed by atoms with van der Waals surface area (Å²) >= 11 is 0. The van der Waals surface area contributed by atoms with Crippen LogP contribution < -0.4 is 0 Å². The van der Waals surface area contributed by atoms with E-state index in [0.717, 1.165) is 5.69 Å². The van der Waals surface area contributed by atoms with E-state index in [1.165, 1.54) is 10.9 Å². The van der Waals surface area contributed by atoms with Crippen molar-refractivity contribution < 1.29 is 4.74 Å². The molecule has 2 heterocycles. The van der Waals surface area contributed by atoms with Gasteiger partial charge in [0.25, 0.3) is 0 Å². The van der Waals surface area contributed by atoms with Gasteiger partial charge in [-0.2, -0.15) is 0 Å². The fourth-order valence-corrected chi connectivity index (χ4v) is 1.74. The lowest BCUT2D eigenvalue weighted by Gasteiger charge is -1.97. The highest BCUT2D eigenvalue weighted by molar-refractivity contribution is 5.85. The number of hydrogen-bond acceptors (Lipinski definition) is 1. The molecule has 2 nitrogen and oxygen atoms in total. The third-order valence-corrected chi connectivity index (χ3v) is 2.38. The van der Waals surface area contributed by atoms with Crippen molar-refractivity contribution in [1.29, 1.82) is 0 Å². The molecular formula is C12H9NO. The second-order valence-corrected chi connectivity index (χ2v) is 3.22. The van der Waals surface area contributed by atoms with Gasteiger partial charge in [-0.3, -0.25) is 0 Å². The molecule has 0 unspecified atom stereocenters. The molecule has 0 saturated heterocycles. The highest BCUT2D eigenvalue weighted by Crippen LogP contribution is 2.22. The van der Waals surface area contributed by atoms with Crippen molar-refractivity contribution in [1.82, 2.24) is 4.57 Å². The molecule has 0 aliphatic carbocycles. The van der Waals surface area contributed by atoms with Crippen LogP contribution in [0.3, 0.4) is 0 Å². The maximum atomic E-state index is 5.10. The monoisotopic (exact) mass is 183 g/mol. The Morgan fingerprint density at radius 1 is 1.07 bits per heavy atom. The Balaban J connectivity index is 2.41. The molecule has 1 aromatic heterocycles. The topological polar surface area (TPSA) is 14.2 Å². The summed E-state index contributed by atoms with van der Waals surface area (Å²) in [6, 6.07) is 10.4. The molecule has 0 N–H and O–H groups in total. The van der Waals surface area contributed by atoms with Crippen molar-refractivity contribution in [2.45, 2.75) is 0 Å². The van der Waals surface area contributed by atoms with E-state index in [2.05, 4.69) is 22.8 Å². The number of aromatic nitrogens is 1. The smallest absolute Gasteiger partial charge is 0.107 e. The Labute approximate surface area is 81.7 Å². The Bertz CT molecular complexity index is 534. The minimum Gasteiger partial charge on any atom is -0.471 e. The summed E-state index contributed by atoms with van der Waals surface area (Å²) < 4.78 is 7.21. The van der Waals surface area contributed by atoms with E-state index >= 15 is 0 Å². The number of ether oxygens (including phenoxy) is 1. The van der Waals surface area contributed by atoms with Gasteiger partial charge in [-0.1, -0.05) is 18.2 Å². The minimum absolute atomic E-state index is 1.14. The van der Waals surface area contributed by atoms with Crippen molar-refractivity contribution in [2.75, 3.05) is 0 Å². The lowest BCUT2D eigenvalue weighted by Crippen LogP contribution is -1.86. The molecule has 0 fully saturated rings. The van der Waals surface area contributed by atoms with Gasteiger partial charge in [-0.25, -0.2) is 0 Å². The molecule has 14 heavy (non-hydrogen) atoms. The fourth-order valence-electron chi connectivity index (χ4n) is 1.74. The first kappa shape index (κ1) is 7.44. The number of nitrogens with zero attached hydrogens (tertiary/aromatic N) is 1. The largest absolute Gasteiger partial charge is 0.471 e. The van der Waals surface area contributed by atoms with E-state index < -0.39 is 0 Å². The lowest BCUT2D eigenvalue weighted by molar-refractivity contribution is 0.410. The first-order valence-corrected chi connectivity index (χ1v) is 4.54. The van der Waals surface area contributed by atoms with Crippen LogP contribution in [0.2, 0.25) is 0 Å². The van der Waals surface area contributed by atoms with E-state index in [0.29, 0.717) is 0 Å². The Hall–Kier alpha value is -1.96. The predicted octanol–water partition coefficient (Wildman–Crippen LogP) is 3.07. The van der Waals surface area contributed by atoms with Crippen LogP contribution in [0.25, 0.3) is 23.2 Å². The Morgan fingerprint density at radius 2 is 2.00 bits per heavy atom. The second-order valence-electron chi connectivity index (χ2n) is 3.22. The average Bonchev–Trinajstić information content (AvgIpc) is 2.42. The SMILES string of the molecule is C1=Cc2cc3ccccc3n2C=CO1. The van der Waals surface area contributed by atoms with E-state index in [4.69, 9.17) is 4.74 Å². The quantitative estimate of drug-likeness (QED) is 0.612. The first-order valence-electron chi connectivity index (χ1n) is 4.54. The molecule has 0 bridgehead atoms. The van der Waals surface area contributed by atoms with E-state index in [1.807, 2.05) is 24.4 Å². The number of fused-ring (bicyclic) bond motifs is 3. The van der Waals surface area contributed by atoms with Gasteiger partial charge in [0.1, 0.15) is 6.26 Å². The van der Waals surface area contributed by atoms with Crippen LogP contribution in [0.1, 0.15) is 5.69 Å². The van der Waals surface area contributed by atoms with Crippen molar-refractivity contribution in [2.24, 2.45) is 0 Å². The molecular weight excluding hydrogens is 174 g/mol. The summed E-state index contributed by atoms with van der Waals surface area (Å²) in [6.07, 6.45) is 7.26. The van der Waals surface area contributed by atoms with Crippen molar-refractivity contribution in [3.05, 3.63) is 48.5 Å². The van der Waals surface area contributed by atoms with E-state index in [-0.39, 0.29) is 0 Å². The second kappa shape index (κ2) is 2.77. The molecule has 0 amide bonds. The first-order chi connectivity index (χ1) is 6.95. The van der Waals surface area contributed by atoms with Gasteiger partial charge in [0.2, 0.25) is 0 Å². The van der Waals surface area contributed by atoms with Crippen LogP contribution in [0.4, 0.5) is 0 Å². The molecule has 0 radical (unpaired) electrons. The van der Waals surface area contributed by atoms with Crippen LogP contribution in [-0.4, -0.2) is 4.57 Å². The van der Waals surface area contributed by atoms with Crippen molar-refractivity contribution in [3.8, 4) is 0 Å². The Morgan fingerprint density at radius 3 is 3.00 bits per heavy atom. The van der Waals surface area contributed by atoms with Crippen LogP contribution in [-0.2, 0) is 4.74 Å². The normalized spacial score (nSPS) is 13.7. The number of para-hydroxylation sites is 1. The highest BCUT2D eigenvalue weighted by Gasteiger charge is 2.04. The summed E-state index contributed by atoms with van der Waals surface area (Å²) in [7, 11) is 0. The van der Waals surface area contributed by atoms with Gasteiger partial charge in [-0.05, 0) is 18.2 Å². The lowest BCUT2D eigenvalue weighted by atomic mass is 10.2. The molecule has 2 heteroatoms. The summed E-state index contributed by atoms with van der Waals surface area (Å²) in [5.41, 5.74) is 2.34. The summed E-state index contributed by atoms with van der Waals surface area (Å²) in [4.78, 5) is 0. The van der Waals surface area contributed by atoms with Crippen molar-refractivity contribution in [3.63, 3.8) is 0 Å². The van der Waals surface area contributed by atoms with Gasteiger partial charge >= 0.3 is 0 Å². The van der Waals surface area contributed by atoms with Crippen molar-refractivity contribution >= 4 is 23.2 Å². The van der Waals surface area contributed by atoms with Crippen LogP contribution in [0.15, 0.2) is 42.9 Å². The highest BCUT2D eigenvalue weighted by atomic mass is 16.5. The zero-order chi connectivity index (χ0) is 9.38. The third-order valence-electron chi connectivity index (χ3n) is 2.38. The zero-order valence-electron chi connectivity index (χ0n) is 7.55. The van der Waals surface area contributed by atoms with Gasteiger partial charge in [-0.15, -0.1) is 0 Å². The predicted molar refractivity (Wildman–Crippen MR) is 57.4 cm³/mol. The maximum absolute atomic E-state index is 5.10. The van der Waals surface area contributed by atoms with E-state index in [1.54, 1.807) is 12.5 Å². The fraction of sp³-hybridized carbons (Fsp3) is 0. The number of hydrogen-bond donors (Lipinski definition) is 0. The standard InChI is InChI=1S/C12H9NO/c1-2-4-12-10(3-1)9-11-5-7-14-8-6-13(11)12/h1-9H. The molecule has 1 aromatic carbocycles. The maximum Gasteiger partial charge on any atom is 0.107 e. The summed E-state index contributed by atoms with van der Waals surface area (Å²) in [5.74, 6) is 0. The van der Waals surface area contributed by atoms with Gasteiger partial charge < -0.3 is 9.30 Å². The van der Waals surface area contributed by atoms with Crippen LogP contribution in [0, 0.1) is 0 Å². The average molecular weight is 183 g/mol. The molecule has 1 aliphatic rings. The van der Waals surface area contributed by atoms with Gasteiger partial charge in [0, 0.05) is 17.3 Å². The van der Waals surface area contributed by atoms with Crippen LogP contribution in [0.5, 0.6) is 0 Å². The molecule has 2 aromatic rings. The molecule has 0 atom stereocenters. The van der Waals surface area contributed by atoms with E-state index in [9.17, 15) is 0 Å². The van der Waals surface area contributed by atoms with Gasteiger partial charge in [0.15, 0.2) is 0 Å². The molecule has 3 rings (SSSR count). The Kier molecular flexibility index (Phi) is 1.47. The third kappa shape index (κ3) is 0.973. The minimum atomic E-state index is 1.14. The molecule has 0 saturated carbocycles. The molecule has 68 valence electrons. The number of benzene rings is 1. The number of rotatable bonds is 0. The summed E-state index contributed by atoms with van der Waals surface area (Å²) in [6.45, 7) is 0.